The number of aliphatic hydroxyl groups is 1. The molecule has 1 saturated heterocycles. The second-order valence-electron chi connectivity index (χ2n) is 7.38. The third-order valence-electron chi connectivity index (χ3n) is 4.19. The van der Waals surface area contributed by atoms with Crippen molar-refractivity contribution in [1.82, 2.24) is 25.3 Å². The standard InChI is InChI=1S/C17H24N6O3/c1-17(2,3)14-9-23(22-21-14)8-13-15(12(24)10-26-13)20-16(25)19-11-5-4-6-18-7-11/h4-7,9,12-13,15,24H,8,10H2,1-3H3,(H2,19,20,25)/t12-,13+,15+/m0/s1. The lowest BCUT2D eigenvalue weighted by atomic mass is 9.93. The zero-order chi connectivity index (χ0) is 18.7. The fraction of sp³-hybridized carbons (Fsp3) is 0.529. The maximum atomic E-state index is 12.2. The van der Waals surface area contributed by atoms with Gasteiger partial charge < -0.3 is 20.5 Å². The Labute approximate surface area is 151 Å². The van der Waals surface area contributed by atoms with Gasteiger partial charge in [0.25, 0.3) is 0 Å². The molecule has 0 radical (unpaired) electrons. The van der Waals surface area contributed by atoms with Crippen molar-refractivity contribution in [3.8, 4) is 0 Å². The SMILES string of the molecule is CC(C)(C)c1cn(C[C@H]2OC[C@H](O)[C@H]2NC(=O)Nc2cccnc2)nn1. The molecule has 0 aromatic carbocycles. The van der Waals surface area contributed by atoms with Crippen molar-refractivity contribution in [2.45, 2.75) is 51.0 Å². The van der Waals surface area contributed by atoms with Crippen LogP contribution in [0.3, 0.4) is 0 Å². The summed E-state index contributed by atoms with van der Waals surface area (Å²) >= 11 is 0. The number of urea groups is 1. The highest BCUT2D eigenvalue weighted by atomic mass is 16.5. The van der Waals surface area contributed by atoms with Crippen molar-refractivity contribution < 1.29 is 14.6 Å². The van der Waals surface area contributed by atoms with Crippen LogP contribution in [0.25, 0.3) is 0 Å². The van der Waals surface area contributed by atoms with E-state index in [0.29, 0.717) is 12.2 Å². The Bertz CT molecular complexity index is 742. The van der Waals surface area contributed by atoms with Crippen LogP contribution >= 0.6 is 0 Å². The molecule has 0 bridgehead atoms. The number of anilines is 1. The van der Waals surface area contributed by atoms with E-state index in [1.807, 2.05) is 6.20 Å². The molecule has 2 aromatic rings. The minimum Gasteiger partial charge on any atom is -0.388 e. The highest BCUT2D eigenvalue weighted by Gasteiger charge is 2.38. The van der Waals surface area contributed by atoms with Gasteiger partial charge in [-0.25, -0.2) is 9.48 Å². The van der Waals surface area contributed by atoms with Gasteiger partial charge in [0.2, 0.25) is 0 Å². The van der Waals surface area contributed by atoms with Gasteiger partial charge in [-0.2, -0.15) is 0 Å². The van der Waals surface area contributed by atoms with Gasteiger partial charge in [-0.3, -0.25) is 4.98 Å². The van der Waals surface area contributed by atoms with Crippen molar-refractivity contribution in [3.63, 3.8) is 0 Å². The number of pyridine rings is 1. The zero-order valence-corrected chi connectivity index (χ0v) is 15.1. The van der Waals surface area contributed by atoms with E-state index in [4.69, 9.17) is 4.74 Å². The molecule has 140 valence electrons. The highest BCUT2D eigenvalue weighted by molar-refractivity contribution is 5.89. The third-order valence-corrected chi connectivity index (χ3v) is 4.19. The molecule has 9 nitrogen and oxygen atoms in total. The van der Waals surface area contributed by atoms with E-state index in [0.717, 1.165) is 5.69 Å². The van der Waals surface area contributed by atoms with E-state index in [9.17, 15) is 9.90 Å². The summed E-state index contributed by atoms with van der Waals surface area (Å²) in [7, 11) is 0. The molecule has 26 heavy (non-hydrogen) atoms. The number of aromatic nitrogens is 4. The van der Waals surface area contributed by atoms with Gasteiger partial charge in [-0.15, -0.1) is 5.10 Å². The van der Waals surface area contributed by atoms with Crippen LogP contribution in [0.5, 0.6) is 0 Å². The molecular weight excluding hydrogens is 336 g/mol. The summed E-state index contributed by atoms with van der Waals surface area (Å²) in [5, 5.41) is 23.9. The molecule has 2 aromatic heterocycles. The molecule has 3 heterocycles. The van der Waals surface area contributed by atoms with E-state index in [1.54, 1.807) is 29.2 Å². The quantitative estimate of drug-likeness (QED) is 0.747. The van der Waals surface area contributed by atoms with Crippen LogP contribution in [0.4, 0.5) is 10.5 Å². The molecule has 0 aliphatic carbocycles. The number of hydrogen-bond donors (Lipinski definition) is 3. The number of hydrogen-bond acceptors (Lipinski definition) is 6. The van der Waals surface area contributed by atoms with Crippen LogP contribution in [0, 0.1) is 0 Å². The topological polar surface area (TPSA) is 114 Å². The zero-order valence-electron chi connectivity index (χ0n) is 15.1. The van der Waals surface area contributed by atoms with Gasteiger partial charge in [-0.05, 0) is 12.1 Å². The number of aliphatic hydroxyl groups excluding tert-OH is 1. The van der Waals surface area contributed by atoms with Crippen molar-refractivity contribution in [3.05, 3.63) is 36.4 Å². The molecule has 0 spiro atoms. The summed E-state index contributed by atoms with van der Waals surface area (Å²) in [6.45, 7) is 6.72. The Morgan fingerprint density at radius 2 is 2.27 bits per heavy atom. The Morgan fingerprint density at radius 3 is 2.92 bits per heavy atom. The molecule has 3 rings (SSSR count). The summed E-state index contributed by atoms with van der Waals surface area (Å²) in [6, 6.07) is 2.49. The Balaban J connectivity index is 1.62. The predicted molar refractivity (Wildman–Crippen MR) is 94.6 cm³/mol. The molecule has 9 heteroatoms. The Hall–Kier alpha value is -2.52. The summed E-state index contributed by atoms with van der Waals surface area (Å²) < 4.78 is 7.31. The van der Waals surface area contributed by atoms with Gasteiger partial charge >= 0.3 is 6.03 Å². The molecule has 1 fully saturated rings. The van der Waals surface area contributed by atoms with Gasteiger partial charge in [0.15, 0.2) is 0 Å². The number of carbonyl (C=O) groups excluding carboxylic acids is 1. The van der Waals surface area contributed by atoms with E-state index in [-0.39, 0.29) is 12.0 Å². The minimum atomic E-state index is -0.787. The molecular formula is C17H24N6O3. The number of ether oxygens (including phenoxy) is 1. The Morgan fingerprint density at radius 1 is 1.46 bits per heavy atom. The third kappa shape index (κ3) is 4.36. The summed E-state index contributed by atoms with van der Waals surface area (Å²) in [6.07, 6.45) is 3.84. The average molecular weight is 360 g/mol. The van der Waals surface area contributed by atoms with Crippen LogP contribution < -0.4 is 10.6 Å². The number of nitrogens with one attached hydrogen (secondary N) is 2. The maximum Gasteiger partial charge on any atom is 0.319 e. The fourth-order valence-corrected chi connectivity index (χ4v) is 2.70. The number of amides is 2. The summed E-state index contributed by atoms with van der Waals surface area (Å²) in [4.78, 5) is 16.1. The lowest BCUT2D eigenvalue weighted by Crippen LogP contribution is -2.49. The van der Waals surface area contributed by atoms with E-state index < -0.39 is 24.3 Å². The normalized spacial score (nSPS) is 23.0. The first-order valence-electron chi connectivity index (χ1n) is 8.51. The number of rotatable bonds is 4. The summed E-state index contributed by atoms with van der Waals surface area (Å²) in [5.74, 6) is 0. The molecule has 1 aliphatic rings. The molecule has 3 N–H and O–H groups in total. The number of nitrogens with zero attached hydrogens (tertiary/aromatic N) is 4. The van der Waals surface area contributed by atoms with Gasteiger partial charge in [0.05, 0.1) is 36.8 Å². The van der Waals surface area contributed by atoms with Crippen LogP contribution in [-0.4, -0.2) is 56.0 Å². The van der Waals surface area contributed by atoms with Gasteiger partial charge in [0, 0.05) is 17.8 Å². The molecule has 3 atom stereocenters. The monoisotopic (exact) mass is 360 g/mol. The van der Waals surface area contributed by atoms with Crippen LogP contribution in [-0.2, 0) is 16.7 Å². The van der Waals surface area contributed by atoms with Crippen LogP contribution in [0.2, 0.25) is 0 Å². The predicted octanol–water partition coefficient (Wildman–Crippen LogP) is 0.921. The van der Waals surface area contributed by atoms with Crippen molar-refractivity contribution in [2.24, 2.45) is 0 Å². The fourth-order valence-electron chi connectivity index (χ4n) is 2.70. The largest absolute Gasteiger partial charge is 0.388 e. The lowest BCUT2D eigenvalue weighted by molar-refractivity contribution is 0.0748. The van der Waals surface area contributed by atoms with E-state index in [1.165, 1.54) is 0 Å². The first kappa shape index (κ1) is 18.3. The molecule has 0 saturated carbocycles. The highest BCUT2D eigenvalue weighted by Crippen LogP contribution is 2.20. The molecule has 2 amide bonds. The van der Waals surface area contributed by atoms with Crippen LogP contribution in [0.1, 0.15) is 26.5 Å². The van der Waals surface area contributed by atoms with Gasteiger partial charge in [-0.1, -0.05) is 26.0 Å². The summed E-state index contributed by atoms with van der Waals surface area (Å²) in [5.41, 5.74) is 1.34. The Kier molecular flexibility index (Phi) is 5.19. The first-order chi connectivity index (χ1) is 12.3. The molecule has 1 aliphatic heterocycles. The molecule has 0 unspecified atom stereocenters. The minimum absolute atomic E-state index is 0.102. The smallest absolute Gasteiger partial charge is 0.319 e. The van der Waals surface area contributed by atoms with Gasteiger partial charge in [0.1, 0.15) is 12.2 Å². The van der Waals surface area contributed by atoms with Crippen molar-refractivity contribution in [2.75, 3.05) is 11.9 Å². The van der Waals surface area contributed by atoms with E-state index in [2.05, 4.69) is 46.7 Å². The average Bonchev–Trinajstić information content (AvgIpc) is 3.18. The second kappa shape index (κ2) is 7.38. The first-order valence-corrected chi connectivity index (χ1v) is 8.51. The maximum absolute atomic E-state index is 12.2. The lowest BCUT2D eigenvalue weighted by Gasteiger charge is -2.21. The van der Waals surface area contributed by atoms with Crippen LogP contribution in [0.15, 0.2) is 30.7 Å². The number of carbonyl (C=O) groups is 1. The van der Waals surface area contributed by atoms with E-state index >= 15 is 0 Å². The van der Waals surface area contributed by atoms with Crippen molar-refractivity contribution >= 4 is 11.7 Å². The second-order valence-corrected chi connectivity index (χ2v) is 7.38. The van der Waals surface area contributed by atoms with Crippen molar-refractivity contribution in [1.29, 1.82) is 0 Å².